The lowest BCUT2D eigenvalue weighted by Gasteiger charge is -2.57. The fourth-order valence-electron chi connectivity index (χ4n) is 32.9. The molecule has 0 atom stereocenters. The largest absolute Gasteiger partial charge is 0.381 e. The van der Waals surface area contributed by atoms with Gasteiger partial charge >= 0.3 is 0 Å². The standard InChI is InChI=1S/C15H29NO.C14H28.C13H27N.C13H26O.C13H26S.C13H26.C12H23NO.C12H24O2S.C12H24O.C12H24S/c1-12(17)16-10-8-15(9-11-16,13(2,3)4)14(5,6)7;1-12(2,3)14(13(4,5)6)10-8-7-9-11-14;2*1-11(2,3)13(12(4,5)6)7-9-14-10-8-13;1-11(2,3)13(12(4,5)6)8-7-9-14-10-13;1-11(2,3)13(12(4,5)6)9-7-8-10-13;1-10(2,3)12(11(4,5)6)7-9(14)13-8-12;1-10(2,3)12(11(4,5)6)7-8-15(13,14)9-12;2*1-10(2,3)12(11(4,5)6)7-8-13-9-12/h8-11H2,1-7H3;7-11H2,1-6H3;14H,7-10H2,1-6H3;2*7-10H2,1-6H3;7-10H2,1-6H3;7-8H2,1-6H3,(H,13,14);7-9H2,1-6H3;2*7-9H2,1-6H3. The molecule has 0 aromatic heterocycles. The van der Waals surface area contributed by atoms with Crippen molar-refractivity contribution in [3.8, 4) is 0 Å². The van der Waals surface area contributed by atoms with Gasteiger partial charge in [-0.25, -0.2) is 8.42 Å². The van der Waals surface area contributed by atoms with Crippen LogP contribution in [0.25, 0.3) is 0 Å². The molecule has 842 valence electrons. The number of carbonyl (C=O) groups excluding carboxylic acids is 2. The third-order valence-electron chi connectivity index (χ3n) is 42.4. The van der Waals surface area contributed by atoms with E-state index in [-0.39, 0.29) is 55.1 Å². The van der Waals surface area contributed by atoms with Crippen molar-refractivity contribution in [2.75, 3.05) is 93.7 Å². The molecule has 2 aliphatic carbocycles. The number of thioether (sulfide) groups is 2. The van der Waals surface area contributed by atoms with Crippen LogP contribution in [-0.2, 0) is 28.9 Å². The summed E-state index contributed by atoms with van der Waals surface area (Å²) in [6, 6.07) is 0. The molecule has 0 radical (unpaired) electrons. The molecule has 8 aliphatic heterocycles. The number of piperidine rings is 2. The summed E-state index contributed by atoms with van der Waals surface area (Å²) in [5.41, 5.74) is 10.5. The van der Waals surface area contributed by atoms with Crippen LogP contribution in [0.4, 0.5) is 0 Å². The van der Waals surface area contributed by atoms with Crippen molar-refractivity contribution < 1.29 is 27.5 Å². The van der Waals surface area contributed by atoms with E-state index < -0.39 is 9.84 Å². The second-order valence-electron chi connectivity index (χ2n) is 68.0. The quantitative estimate of drug-likeness (QED) is 0.245. The van der Waals surface area contributed by atoms with Crippen molar-refractivity contribution in [3.63, 3.8) is 0 Å². The monoisotopic (exact) mass is 2040 g/mol. The minimum Gasteiger partial charge on any atom is -0.381 e. The summed E-state index contributed by atoms with van der Waals surface area (Å²) in [4.78, 5) is 24.9. The van der Waals surface area contributed by atoms with Crippen LogP contribution in [0.15, 0.2) is 0 Å². The molecule has 12 heteroatoms. The zero-order chi connectivity index (χ0) is 112. The smallest absolute Gasteiger partial charge is 0.220 e. The fourth-order valence-corrected chi connectivity index (χ4v) is 39.3. The number of nitrogens with zero attached hydrogens (tertiary/aromatic N) is 1. The molecule has 2 N–H and O–H groups in total. The Hall–Kier alpha value is -0.530. The Morgan fingerprint density at radius 3 is 0.702 bits per heavy atom. The molecular formula is C129H257N3O6S3. The minimum absolute atomic E-state index is 0.0365. The maximum absolute atomic E-state index is 11.7. The van der Waals surface area contributed by atoms with Crippen molar-refractivity contribution in [1.82, 2.24) is 15.5 Å². The van der Waals surface area contributed by atoms with Crippen LogP contribution in [0, 0.1) is 162 Å². The Balaban J connectivity index is 0.000000784. The van der Waals surface area contributed by atoms with Crippen molar-refractivity contribution >= 4 is 45.2 Å². The number of carbonyl (C=O) groups is 2. The van der Waals surface area contributed by atoms with Gasteiger partial charge in [-0.3, -0.25) is 9.59 Å². The Kier molecular flexibility index (Phi) is 47.0. The number of likely N-dealkylation sites (tertiary alicyclic amines) is 1. The van der Waals surface area contributed by atoms with Gasteiger partial charge in [0, 0.05) is 63.6 Å². The molecule has 10 aliphatic rings. The molecule has 8 saturated heterocycles. The van der Waals surface area contributed by atoms with Crippen LogP contribution in [0.2, 0.25) is 0 Å². The van der Waals surface area contributed by atoms with Crippen molar-refractivity contribution in [1.29, 1.82) is 0 Å². The van der Waals surface area contributed by atoms with E-state index in [1.54, 1.807) is 6.92 Å². The van der Waals surface area contributed by atoms with Crippen LogP contribution in [0.5, 0.6) is 0 Å². The van der Waals surface area contributed by atoms with E-state index in [2.05, 4.69) is 450 Å². The molecule has 0 spiro atoms. The normalized spacial score (nSPS) is 23.4. The summed E-state index contributed by atoms with van der Waals surface area (Å²) in [5.74, 6) is 6.56. The lowest BCUT2D eigenvalue weighted by molar-refractivity contribution is -0.137. The van der Waals surface area contributed by atoms with Gasteiger partial charge in [-0.15, -0.1) is 0 Å². The van der Waals surface area contributed by atoms with Gasteiger partial charge in [0.1, 0.15) is 0 Å². The molecule has 0 aromatic rings. The summed E-state index contributed by atoms with van der Waals surface area (Å²) in [6.45, 7) is 152. The highest BCUT2D eigenvalue weighted by atomic mass is 32.2. The van der Waals surface area contributed by atoms with E-state index in [1.165, 1.54) is 145 Å². The summed E-state index contributed by atoms with van der Waals surface area (Å²) in [7, 11) is -2.82. The van der Waals surface area contributed by atoms with Gasteiger partial charge in [0.2, 0.25) is 11.8 Å². The lowest BCUT2D eigenvalue weighted by atomic mass is 9.49. The first-order valence-electron chi connectivity index (χ1n) is 57.7. The third-order valence-corrected chi connectivity index (χ3v) is 46.6. The molecule has 10 rings (SSSR count). The maximum atomic E-state index is 11.7. The average molecular weight is 2040 g/mol. The summed E-state index contributed by atoms with van der Waals surface area (Å²) < 4.78 is 34.6. The van der Waals surface area contributed by atoms with E-state index in [4.69, 9.17) is 9.47 Å². The molecule has 10 fully saturated rings. The molecule has 0 unspecified atom stereocenters. The predicted molar refractivity (Wildman–Crippen MR) is 633 cm³/mol. The summed E-state index contributed by atoms with van der Waals surface area (Å²) >= 11 is 4.29. The van der Waals surface area contributed by atoms with Crippen LogP contribution in [-0.4, -0.2) is 119 Å². The van der Waals surface area contributed by atoms with Crippen LogP contribution in [0.1, 0.15) is 557 Å². The Bertz CT molecular complexity index is 3360. The van der Waals surface area contributed by atoms with Gasteiger partial charge in [-0.2, -0.15) is 23.5 Å². The van der Waals surface area contributed by atoms with E-state index in [0.29, 0.717) is 137 Å². The summed E-state index contributed by atoms with van der Waals surface area (Å²) in [5, 5.41) is 6.47. The molecule has 0 aromatic carbocycles. The van der Waals surface area contributed by atoms with Crippen molar-refractivity contribution in [2.45, 2.75) is 557 Å². The SMILES string of the molecule is CC(=O)N1CCC(C(C)(C)C)(C(C)(C)C)CC1.CC(C)(C)C1(C(C)(C)C)CCCC1.CC(C)(C)C1(C(C)(C)C)CCCCC1.CC(C)(C)C1(C(C)(C)C)CCCSC1.CC(C)(C)C1(C(C)(C)C)CCNCC1.CC(C)(C)C1(C(C)(C)C)CCOC1.CC(C)(C)C1(C(C)(C)C)CCOCC1.CC(C)(C)C1(C(C)(C)C)CCS(=O)(=O)C1.CC(C)(C)C1(C(C)(C)C)CCSC1.CC(C)(C)C1(C(C)(C)C)CNC(=O)C1. The van der Waals surface area contributed by atoms with Gasteiger partial charge in [-0.05, 0) is 284 Å². The molecular weight excluding hydrogens is 1780 g/mol. The van der Waals surface area contributed by atoms with Gasteiger partial charge in [-0.1, -0.05) is 448 Å². The number of ether oxygens (including phenoxy) is 2. The molecule has 2 saturated carbocycles. The Labute approximate surface area is 895 Å². The second-order valence-corrected chi connectivity index (χ2v) is 72.4. The first-order valence-corrected chi connectivity index (χ1v) is 61.9. The number of sulfone groups is 1. The van der Waals surface area contributed by atoms with Crippen molar-refractivity contribution in [3.05, 3.63) is 0 Å². The zero-order valence-electron chi connectivity index (χ0n) is 108. The highest BCUT2D eigenvalue weighted by Crippen LogP contribution is 2.68. The minimum atomic E-state index is -2.82. The lowest BCUT2D eigenvalue weighted by Crippen LogP contribution is -2.54. The van der Waals surface area contributed by atoms with Gasteiger partial charge < -0.3 is 25.0 Å². The topological polar surface area (TPSA) is 114 Å². The van der Waals surface area contributed by atoms with Gasteiger partial charge in [0.05, 0.1) is 18.1 Å². The highest BCUT2D eigenvalue weighted by molar-refractivity contribution is 7.99. The molecule has 9 nitrogen and oxygen atoms in total. The number of nitrogens with one attached hydrogen (secondary N) is 2. The second kappa shape index (κ2) is 47.8. The van der Waals surface area contributed by atoms with E-state index >= 15 is 0 Å². The number of hydrogen-bond acceptors (Lipinski definition) is 9. The Morgan fingerprint density at radius 2 is 0.525 bits per heavy atom. The van der Waals surface area contributed by atoms with E-state index in [9.17, 15) is 18.0 Å². The molecule has 2 amide bonds. The van der Waals surface area contributed by atoms with Crippen LogP contribution < -0.4 is 10.6 Å². The first kappa shape index (κ1) is 138. The predicted octanol–water partition coefficient (Wildman–Crippen LogP) is 38.4. The fraction of sp³-hybridized carbons (Fsp3) is 0.984. The Morgan fingerprint density at radius 1 is 0.277 bits per heavy atom. The average Bonchev–Trinajstić information content (AvgIpc) is 1.47. The highest BCUT2D eigenvalue weighted by Gasteiger charge is 2.62. The summed E-state index contributed by atoms with van der Waals surface area (Å²) in [6.07, 6.45) is 27.1. The van der Waals surface area contributed by atoms with E-state index in [1.807, 2.05) is 4.90 Å². The van der Waals surface area contributed by atoms with Crippen molar-refractivity contribution in [2.24, 2.45) is 162 Å². The van der Waals surface area contributed by atoms with Gasteiger partial charge in [0.25, 0.3) is 0 Å². The van der Waals surface area contributed by atoms with Crippen LogP contribution in [0.3, 0.4) is 0 Å². The third kappa shape index (κ3) is 32.1. The maximum Gasteiger partial charge on any atom is 0.220 e. The first-order chi connectivity index (χ1) is 62.0. The number of amides is 2. The molecule has 141 heavy (non-hydrogen) atoms. The zero-order valence-corrected chi connectivity index (χ0v) is 110. The number of hydrogen-bond donors (Lipinski definition) is 2. The molecule has 0 bridgehead atoms. The van der Waals surface area contributed by atoms with E-state index in [0.717, 1.165) is 65.3 Å². The van der Waals surface area contributed by atoms with Gasteiger partial charge in [0.15, 0.2) is 9.84 Å². The molecule has 8 heterocycles. The number of rotatable bonds is 0. The van der Waals surface area contributed by atoms with Crippen LogP contribution >= 0.6 is 23.5 Å².